The van der Waals surface area contributed by atoms with E-state index in [2.05, 4.69) is 20.6 Å². The molecule has 0 unspecified atom stereocenters. The highest BCUT2D eigenvalue weighted by atomic mass is 35.5. The number of hydrogen-bond donors (Lipinski definition) is 4. The van der Waals surface area contributed by atoms with Crippen molar-refractivity contribution in [3.05, 3.63) is 89.0 Å². The number of rotatable bonds is 11. The minimum absolute atomic E-state index is 0.0663. The minimum Gasteiger partial charge on any atom is -0.404 e. The van der Waals surface area contributed by atoms with Gasteiger partial charge in [-0.2, -0.15) is 0 Å². The van der Waals surface area contributed by atoms with Crippen LogP contribution in [-0.4, -0.2) is 40.9 Å². The lowest BCUT2D eigenvalue weighted by Crippen LogP contribution is -2.07. The highest BCUT2D eigenvalue weighted by Gasteiger charge is 2.12. The lowest BCUT2D eigenvalue weighted by molar-refractivity contribution is -0.108. The summed E-state index contributed by atoms with van der Waals surface area (Å²) >= 11 is 6.14. The Morgan fingerprint density at radius 3 is 2.77 bits per heavy atom. The van der Waals surface area contributed by atoms with Gasteiger partial charge in [0.25, 0.3) is 0 Å². The van der Waals surface area contributed by atoms with Crippen LogP contribution >= 0.6 is 11.6 Å². The van der Waals surface area contributed by atoms with E-state index >= 15 is 0 Å². The third-order valence-electron chi connectivity index (χ3n) is 4.93. The van der Waals surface area contributed by atoms with E-state index in [1.807, 2.05) is 61.5 Å². The number of aliphatic hydroxyl groups is 1. The molecule has 0 spiro atoms. The number of amides is 1. The van der Waals surface area contributed by atoms with E-state index in [9.17, 15) is 4.79 Å². The molecule has 0 radical (unpaired) electrons. The van der Waals surface area contributed by atoms with Crippen molar-refractivity contribution in [1.82, 2.24) is 15.3 Å². The number of hydrogen-bond acceptors (Lipinski definition) is 7. The van der Waals surface area contributed by atoms with Crippen LogP contribution in [0.2, 0.25) is 5.02 Å². The van der Waals surface area contributed by atoms with Crippen molar-refractivity contribution in [2.45, 2.75) is 13.5 Å². The average molecular weight is 491 g/mol. The van der Waals surface area contributed by atoms with Crippen LogP contribution in [-0.2, 0) is 11.3 Å². The van der Waals surface area contributed by atoms with E-state index in [1.165, 1.54) is 6.20 Å². The van der Waals surface area contributed by atoms with Crippen molar-refractivity contribution in [3.63, 3.8) is 0 Å². The Morgan fingerprint density at radius 2 is 2.06 bits per heavy atom. The summed E-state index contributed by atoms with van der Waals surface area (Å²) in [6.45, 7) is 2.58. The second-order valence-corrected chi connectivity index (χ2v) is 7.81. The van der Waals surface area contributed by atoms with Gasteiger partial charge in [-0.1, -0.05) is 42.0 Å². The van der Waals surface area contributed by atoms with Crippen molar-refractivity contribution in [2.75, 3.05) is 18.5 Å². The molecule has 0 saturated heterocycles. The van der Waals surface area contributed by atoms with E-state index < -0.39 is 0 Å². The van der Waals surface area contributed by atoms with Crippen molar-refractivity contribution in [2.24, 2.45) is 10.7 Å². The van der Waals surface area contributed by atoms with Gasteiger partial charge in [0.15, 0.2) is 5.82 Å². The van der Waals surface area contributed by atoms with Gasteiger partial charge in [-0.3, -0.25) is 9.79 Å². The standard InChI is InChI=1S/C26H27ClN6O2/c1-2-4-20(15-30-17-35)19-7-8-24-23(12-19)26(31-14-18-5-3-6-22(27)11-18)33-25(32-24)21(13-28)16-29-9-10-34/h2-8,11-13,15-17,34H,9-10,14,28H2,1H3,(H,30,35)(H,31,32,33)/b4-2-,20-15+,21-13?,29-16?. The summed E-state index contributed by atoms with van der Waals surface area (Å²) in [6.07, 6.45) is 8.98. The molecule has 3 rings (SSSR count). The summed E-state index contributed by atoms with van der Waals surface area (Å²) in [5.74, 6) is 1.000. The van der Waals surface area contributed by atoms with Crippen LogP contribution in [0.15, 0.2) is 72.0 Å². The van der Waals surface area contributed by atoms with Crippen LogP contribution < -0.4 is 16.4 Å². The summed E-state index contributed by atoms with van der Waals surface area (Å²) in [7, 11) is 0. The second kappa shape index (κ2) is 13.0. The quantitative estimate of drug-likeness (QED) is 0.183. The monoisotopic (exact) mass is 490 g/mol. The molecule has 0 fully saturated rings. The zero-order valence-corrected chi connectivity index (χ0v) is 20.0. The number of nitrogens with zero attached hydrogens (tertiary/aromatic N) is 3. The summed E-state index contributed by atoms with van der Waals surface area (Å²) in [6, 6.07) is 13.3. The van der Waals surface area contributed by atoms with E-state index in [-0.39, 0.29) is 13.2 Å². The maximum atomic E-state index is 10.8. The zero-order chi connectivity index (χ0) is 25.0. The molecule has 0 aliphatic carbocycles. The normalized spacial score (nSPS) is 12.5. The number of carbonyl (C=O) groups excluding carboxylic acids is 1. The number of aliphatic hydroxyl groups excluding tert-OH is 1. The van der Waals surface area contributed by atoms with Gasteiger partial charge in [0.2, 0.25) is 6.41 Å². The molecular weight excluding hydrogens is 464 g/mol. The number of allylic oxidation sites excluding steroid dienone is 4. The molecular formula is C26H27ClN6O2. The van der Waals surface area contributed by atoms with Gasteiger partial charge in [0.05, 0.1) is 24.2 Å². The maximum absolute atomic E-state index is 10.8. The number of carbonyl (C=O) groups is 1. The summed E-state index contributed by atoms with van der Waals surface area (Å²) in [4.78, 5) is 24.4. The first-order valence-electron chi connectivity index (χ1n) is 11.0. The highest BCUT2D eigenvalue weighted by Crippen LogP contribution is 2.27. The molecule has 0 aliphatic rings. The van der Waals surface area contributed by atoms with E-state index in [0.29, 0.717) is 40.7 Å². The van der Waals surface area contributed by atoms with Gasteiger partial charge in [-0.15, -0.1) is 0 Å². The van der Waals surface area contributed by atoms with Gasteiger partial charge >= 0.3 is 0 Å². The molecule has 180 valence electrons. The first kappa shape index (κ1) is 25.6. The molecule has 0 aliphatic heterocycles. The molecule has 2 aromatic carbocycles. The minimum atomic E-state index is -0.0663. The van der Waals surface area contributed by atoms with Crippen LogP contribution in [0.25, 0.3) is 22.0 Å². The van der Waals surface area contributed by atoms with Gasteiger partial charge in [-0.05, 0) is 47.9 Å². The van der Waals surface area contributed by atoms with Gasteiger partial charge in [0.1, 0.15) is 5.82 Å². The second-order valence-electron chi connectivity index (χ2n) is 7.38. The maximum Gasteiger partial charge on any atom is 0.211 e. The molecule has 0 bridgehead atoms. The van der Waals surface area contributed by atoms with Crippen LogP contribution in [0, 0.1) is 0 Å². The molecule has 1 amide bonds. The Balaban J connectivity index is 2.11. The molecule has 0 saturated carbocycles. The molecule has 9 heteroatoms. The smallest absolute Gasteiger partial charge is 0.211 e. The number of fused-ring (bicyclic) bond motifs is 1. The highest BCUT2D eigenvalue weighted by molar-refractivity contribution is 6.30. The lowest BCUT2D eigenvalue weighted by atomic mass is 10.0. The molecule has 8 nitrogen and oxygen atoms in total. The predicted molar refractivity (Wildman–Crippen MR) is 143 cm³/mol. The Morgan fingerprint density at radius 1 is 1.20 bits per heavy atom. The molecule has 0 atom stereocenters. The fourth-order valence-electron chi connectivity index (χ4n) is 3.33. The fourth-order valence-corrected chi connectivity index (χ4v) is 3.54. The Kier molecular flexibility index (Phi) is 9.53. The predicted octanol–water partition coefficient (Wildman–Crippen LogP) is 3.92. The number of benzene rings is 2. The molecule has 1 heterocycles. The van der Waals surface area contributed by atoms with Crippen molar-refractivity contribution in [1.29, 1.82) is 0 Å². The van der Waals surface area contributed by atoms with Gasteiger partial charge in [0, 0.05) is 35.6 Å². The number of anilines is 1. The van der Waals surface area contributed by atoms with Crippen LogP contribution in [0.4, 0.5) is 5.82 Å². The number of nitrogens with two attached hydrogens (primary N) is 1. The van der Waals surface area contributed by atoms with Crippen LogP contribution in [0.5, 0.6) is 0 Å². The van der Waals surface area contributed by atoms with E-state index in [1.54, 1.807) is 12.4 Å². The average Bonchev–Trinajstić information content (AvgIpc) is 2.87. The van der Waals surface area contributed by atoms with Gasteiger partial charge < -0.3 is 21.5 Å². The van der Waals surface area contributed by atoms with Crippen LogP contribution in [0.1, 0.15) is 23.9 Å². The van der Waals surface area contributed by atoms with Crippen molar-refractivity contribution < 1.29 is 9.90 Å². The van der Waals surface area contributed by atoms with Crippen LogP contribution in [0.3, 0.4) is 0 Å². The summed E-state index contributed by atoms with van der Waals surface area (Å²) < 4.78 is 0. The molecule has 1 aromatic heterocycles. The number of nitrogens with one attached hydrogen (secondary N) is 2. The third kappa shape index (κ3) is 6.99. The van der Waals surface area contributed by atoms with E-state index in [4.69, 9.17) is 27.4 Å². The number of halogens is 1. The fraction of sp³-hybridized carbons (Fsp3) is 0.154. The first-order chi connectivity index (χ1) is 17.1. The Hall–Kier alpha value is -4.01. The SMILES string of the molecule is C/C=C\C(=C/NC=O)c1ccc2nc(C(C=NCCO)=CN)nc(NCc3cccc(Cl)c3)c2c1. The molecule has 3 aromatic rings. The number of aliphatic imine (C=N–C) groups is 1. The summed E-state index contributed by atoms with van der Waals surface area (Å²) in [5.41, 5.74) is 9.75. The molecule has 5 N–H and O–H groups in total. The van der Waals surface area contributed by atoms with E-state index in [0.717, 1.165) is 22.1 Å². The summed E-state index contributed by atoms with van der Waals surface area (Å²) in [5, 5.41) is 16.4. The number of aromatic nitrogens is 2. The van der Waals surface area contributed by atoms with Crippen molar-refractivity contribution in [3.8, 4) is 0 Å². The molecule has 35 heavy (non-hydrogen) atoms. The largest absolute Gasteiger partial charge is 0.404 e. The Labute approximate surface area is 209 Å². The Bertz CT molecular complexity index is 1300. The lowest BCUT2D eigenvalue weighted by Gasteiger charge is -2.13. The third-order valence-corrected chi connectivity index (χ3v) is 5.16. The zero-order valence-electron chi connectivity index (χ0n) is 19.3. The van der Waals surface area contributed by atoms with Crippen molar-refractivity contribution >= 4 is 52.1 Å². The topological polar surface area (TPSA) is 126 Å². The first-order valence-corrected chi connectivity index (χ1v) is 11.3. The van der Waals surface area contributed by atoms with Gasteiger partial charge in [-0.25, -0.2) is 9.97 Å².